The second-order valence-electron chi connectivity index (χ2n) is 9.96. The maximum absolute atomic E-state index is 14.1. The van der Waals surface area contributed by atoms with E-state index in [1.54, 1.807) is 0 Å². The van der Waals surface area contributed by atoms with Gasteiger partial charge < -0.3 is 9.30 Å². The number of rotatable bonds is 12. The molecule has 0 saturated heterocycles. The van der Waals surface area contributed by atoms with Crippen molar-refractivity contribution in [1.82, 2.24) is 14.5 Å². The summed E-state index contributed by atoms with van der Waals surface area (Å²) in [6.45, 7) is 4.80. The Hall–Kier alpha value is -1.70. The molecule has 0 amide bonds. The van der Waals surface area contributed by atoms with Crippen LogP contribution < -0.4 is 0 Å². The van der Waals surface area contributed by atoms with Gasteiger partial charge >= 0.3 is 5.97 Å². The minimum absolute atomic E-state index is 0.0193. The van der Waals surface area contributed by atoms with E-state index in [9.17, 15) is 13.6 Å². The molecule has 2 atom stereocenters. The van der Waals surface area contributed by atoms with Crippen molar-refractivity contribution in [1.29, 1.82) is 0 Å². The molecule has 0 aromatic carbocycles. The standard InChI is InChI=1S/C26H37F2N3O2S/c1-3-5-7-18(4-2)17-33-23(32)11-13-34-25-29-15-22-24(30-25)21(16-31(22)20-9-10-20)19-8-6-12-26(27,28)14-19/h15-16,18-20H,3-14,17H2,1-2H3. The fraction of sp³-hybridized carbons (Fsp3) is 0.731. The number of carbonyl (C=O) groups is 1. The highest BCUT2D eigenvalue weighted by atomic mass is 32.2. The first-order chi connectivity index (χ1) is 16.4. The summed E-state index contributed by atoms with van der Waals surface area (Å²) in [7, 11) is 0. The predicted molar refractivity (Wildman–Crippen MR) is 132 cm³/mol. The van der Waals surface area contributed by atoms with Gasteiger partial charge in [-0.1, -0.05) is 44.9 Å². The van der Waals surface area contributed by atoms with Crippen molar-refractivity contribution in [2.45, 2.75) is 108 Å². The third-order valence-electron chi connectivity index (χ3n) is 7.16. The first-order valence-electron chi connectivity index (χ1n) is 12.9. The summed E-state index contributed by atoms with van der Waals surface area (Å²) in [5.41, 5.74) is 2.67. The molecule has 2 unspecified atom stereocenters. The van der Waals surface area contributed by atoms with Crippen LogP contribution in [0.5, 0.6) is 0 Å². The van der Waals surface area contributed by atoms with Crippen LogP contribution in [0.15, 0.2) is 17.6 Å². The van der Waals surface area contributed by atoms with Gasteiger partial charge in [0.2, 0.25) is 5.92 Å². The number of alkyl halides is 2. The average molecular weight is 494 g/mol. The number of carbonyl (C=O) groups excluding carboxylic acids is 1. The van der Waals surface area contributed by atoms with Crippen molar-refractivity contribution in [3.8, 4) is 0 Å². The van der Waals surface area contributed by atoms with Crippen LogP contribution in [0.2, 0.25) is 0 Å². The molecule has 2 aromatic rings. The maximum atomic E-state index is 14.1. The van der Waals surface area contributed by atoms with Crippen molar-refractivity contribution in [2.24, 2.45) is 5.92 Å². The Morgan fingerprint density at radius 1 is 1.32 bits per heavy atom. The number of unbranched alkanes of at least 4 members (excludes halogenated alkanes) is 1. The molecule has 2 fully saturated rings. The van der Waals surface area contributed by atoms with Gasteiger partial charge in [0, 0.05) is 30.8 Å². The van der Waals surface area contributed by atoms with E-state index in [1.807, 2.05) is 6.20 Å². The monoisotopic (exact) mass is 493 g/mol. The van der Waals surface area contributed by atoms with E-state index >= 15 is 0 Å². The fourth-order valence-electron chi connectivity index (χ4n) is 4.91. The first-order valence-corrected chi connectivity index (χ1v) is 13.9. The lowest BCUT2D eigenvalue weighted by atomic mass is 9.82. The van der Waals surface area contributed by atoms with Gasteiger partial charge in [0.15, 0.2) is 5.16 Å². The molecule has 0 radical (unpaired) electrons. The molecule has 0 spiro atoms. The van der Waals surface area contributed by atoms with Gasteiger partial charge in [-0.3, -0.25) is 4.79 Å². The molecule has 0 bridgehead atoms. The molecule has 0 N–H and O–H groups in total. The Morgan fingerprint density at radius 2 is 2.15 bits per heavy atom. The van der Waals surface area contributed by atoms with Gasteiger partial charge in [0.1, 0.15) is 0 Å². The normalized spacial score (nSPS) is 21.0. The highest BCUT2D eigenvalue weighted by Crippen LogP contribution is 2.46. The topological polar surface area (TPSA) is 57.0 Å². The number of hydrogen-bond donors (Lipinski definition) is 0. The predicted octanol–water partition coefficient (Wildman–Crippen LogP) is 7.30. The zero-order chi connectivity index (χ0) is 24.1. The molecule has 8 heteroatoms. The van der Waals surface area contributed by atoms with E-state index in [0.717, 1.165) is 61.5 Å². The van der Waals surface area contributed by atoms with Crippen molar-refractivity contribution < 1.29 is 18.3 Å². The van der Waals surface area contributed by atoms with Crippen LogP contribution in [0.3, 0.4) is 0 Å². The minimum Gasteiger partial charge on any atom is -0.465 e. The summed E-state index contributed by atoms with van der Waals surface area (Å²) in [5, 5.41) is 0.590. The SMILES string of the molecule is CCCCC(CC)COC(=O)CCSc1ncc2c(n1)c(C1CCCC(F)(F)C1)cn2C1CC1. The van der Waals surface area contributed by atoms with E-state index in [-0.39, 0.29) is 24.7 Å². The van der Waals surface area contributed by atoms with E-state index < -0.39 is 5.92 Å². The number of halogens is 2. The lowest BCUT2D eigenvalue weighted by molar-refractivity contribution is -0.144. The fourth-order valence-corrected chi connectivity index (χ4v) is 5.64. The third kappa shape index (κ3) is 6.49. The van der Waals surface area contributed by atoms with Crippen molar-refractivity contribution in [3.63, 3.8) is 0 Å². The van der Waals surface area contributed by atoms with E-state index in [4.69, 9.17) is 9.72 Å². The minimum atomic E-state index is -2.60. The number of nitrogens with zero attached hydrogens (tertiary/aromatic N) is 3. The third-order valence-corrected chi connectivity index (χ3v) is 8.02. The molecule has 2 aliphatic rings. The van der Waals surface area contributed by atoms with Gasteiger partial charge in [-0.15, -0.1) is 0 Å². The van der Waals surface area contributed by atoms with Crippen LogP contribution in [0.4, 0.5) is 8.78 Å². The summed E-state index contributed by atoms with van der Waals surface area (Å²) in [6.07, 6.45) is 12.0. The number of fused-ring (bicyclic) bond motifs is 1. The molecule has 0 aliphatic heterocycles. The zero-order valence-electron chi connectivity index (χ0n) is 20.4. The lowest BCUT2D eigenvalue weighted by Crippen LogP contribution is -2.24. The Bertz CT molecular complexity index is 976. The van der Waals surface area contributed by atoms with Gasteiger partial charge in [0.25, 0.3) is 0 Å². The average Bonchev–Trinajstić information content (AvgIpc) is 3.59. The number of aromatic nitrogens is 3. The number of esters is 1. The highest BCUT2D eigenvalue weighted by molar-refractivity contribution is 7.99. The number of hydrogen-bond acceptors (Lipinski definition) is 5. The van der Waals surface area contributed by atoms with Crippen molar-refractivity contribution in [3.05, 3.63) is 18.0 Å². The van der Waals surface area contributed by atoms with E-state index in [2.05, 4.69) is 29.6 Å². The number of ether oxygens (including phenoxy) is 1. The lowest BCUT2D eigenvalue weighted by Gasteiger charge is -2.28. The van der Waals surface area contributed by atoms with Crippen LogP contribution >= 0.6 is 11.8 Å². The Morgan fingerprint density at radius 3 is 2.85 bits per heavy atom. The molecular formula is C26H37F2N3O2S. The van der Waals surface area contributed by atoms with Gasteiger partial charge in [0.05, 0.1) is 30.3 Å². The quantitative estimate of drug-likeness (QED) is 0.176. The second kappa shape index (κ2) is 11.4. The molecule has 2 aliphatic carbocycles. The molecule has 2 aromatic heterocycles. The van der Waals surface area contributed by atoms with Gasteiger partial charge in [-0.2, -0.15) is 0 Å². The van der Waals surface area contributed by atoms with Crippen LogP contribution in [0, 0.1) is 5.92 Å². The van der Waals surface area contributed by atoms with Gasteiger partial charge in [-0.05, 0) is 49.5 Å². The van der Waals surface area contributed by atoms with E-state index in [1.165, 1.54) is 11.8 Å². The Balaban J connectivity index is 1.38. The highest BCUT2D eigenvalue weighted by Gasteiger charge is 2.38. The summed E-state index contributed by atoms with van der Waals surface area (Å²) in [5.74, 6) is -1.99. The Labute approximate surface area is 205 Å². The first kappa shape index (κ1) is 25.4. The molecule has 34 heavy (non-hydrogen) atoms. The zero-order valence-corrected chi connectivity index (χ0v) is 21.2. The summed E-state index contributed by atoms with van der Waals surface area (Å²) < 4.78 is 36.0. The molecule has 2 heterocycles. The van der Waals surface area contributed by atoms with Crippen LogP contribution in [0.25, 0.3) is 11.0 Å². The van der Waals surface area contributed by atoms with Crippen molar-refractivity contribution >= 4 is 28.8 Å². The smallest absolute Gasteiger partial charge is 0.306 e. The maximum Gasteiger partial charge on any atom is 0.306 e. The number of thioether (sulfide) groups is 1. The van der Waals surface area contributed by atoms with Gasteiger partial charge in [-0.25, -0.2) is 18.7 Å². The summed E-state index contributed by atoms with van der Waals surface area (Å²) in [4.78, 5) is 21.5. The molecule has 4 rings (SSSR count). The van der Waals surface area contributed by atoms with Crippen molar-refractivity contribution in [2.75, 3.05) is 12.4 Å². The largest absolute Gasteiger partial charge is 0.465 e. The van der Waals surface area contributed by atoms with Crippen LogP contribution in [-0.4, -0.2) is 38.8 Å². The second-order valence-corrected chi connectivity index (χ2v) is 11.0. The molecule has 188 valence electrons. The summed E-state index contributed by atoms with van der Waals surface area (Å²) in [6, 6.07) is 0.432. The molecule has 5 nitrogen and oxygen atoms in total. The van der Waals surface area contributed by atoms with E-state index in [0.29, 0.717) is 42.3 Å². The summed E-state index contributed by atoms with van der Waals surface area (Å²) >= 11 is 1.43. The molecule has 2 saturated carbocycles. The molecular weight excluding hydrogens is 456 g/mol. The van der Waals surface area contributed by atoms with Crippen LogP contribution in [-0.2, 0) is 9.53 Å². The Kier molecular flexibility index (Phi) is 8.48. The van der Waals surface area contributed by atoms with Crippen LogP contribution in [0.1, 0.15) is 102 Å².